The van der Waals surface area contributed by atoms with Gasteiger partial charge in [-0.3, -0.25) is 9.32 Å². The number of nitrogens with one attached hydrogen (secondary N) is 2. The maximum Gasteiger partial charge on any atom is 0.403 e. The van der Waals surface area contributed by atoms with Gasteiger partial charge < -0.3 is 25.5 Å². The predicted molar refractivity (Wildman–Crippen MR) is 82.5 cm³/mol. The second-order valence-electron chi connectivity index (χ2n) is 4.89. The molecule has 1 aromatic carbocycles. The number of carbonyl (C=O) groups excluding carboxylic acids is 1. The van der Waals surface area contributed by atoms with Crippen molar-refractivity contribution in [2.45, 2.75) is 19.4 Å². The highest BCUT2D eigenvalue weighted by molar-refractivity contribution is 7.50. The Labute approximate surface area is 137 Å². The number of amides is 1. The van der Waals surface area contributed by atoms with Gasteiger partial charge in [-0.05, 0) is 24.1 Å². The zero-order chi connectivity index (χ0) is 18.3. The van der Waals surface area contributed by atoms with Crippen LogP contribution in [0.25, 0.3) is 0 Å². The van der Waals surface area contributed by atoms with Gasteiger partial charge in [0, 0.05) is 13.5 Å². The summed E-state index contributed by atoms with van der Waals surface area (Å²) in [5.41, 5.74) is 0.597. The van der Waals surface area contributed by atoms with Crippen LogP contribution in [0.3, 0.4) is 0 Å². The molecule has 1 unspecified atom stereocenters. The van der Waals surface area contributed by atoms with Crippen molar-refractivity contribution in [1.29, 1.82) is 0 Å². The molecule has 11 heteroatoms. The molecular formula is C13H19N2O8P. The van der Waals surface area contributed by atoms with Crippen LogP contribution < -0.4 is 10.4 Å². The SMILES string of the molecule is CC(=O)N[C@@H](COP(=O)(O)NCCc1ccc(O)c(O)c1)C(=O)O. The number of aliphatic carboxylic acids is 1. The lowest BCUT2D eigenvalue weighted by molar-refractivity contribution is -0.142. The fourth-order valence-corrected chi connectivity index (χ4v) is 2.54. The van der Waals surface area contributed by atoms with E-state index in [9.17, 15) is 29.3 Å². The summed E-state index contributed by atoms with van der Waals surface area (Å²) >= 11 is 0. The first-order valence-corrected chi connectivity index (χ1v) is 8.41. The second-order valence-corrected chi connectivity index (χ2v) is 6.50. The van der Waals surface area contributed by atoms with Gasteiger partial charge in [-0.1, -0.05) is 6.07 Å². The number of carboxylic acid groups (broad SMARTS) is 1. The van der Waals surface area contributed by atoms with Gasteiger partial charge in [0.15, 0.2) is 17.5 Å². The summed E-state index contributed by atoms with van der Waals surface area (Å²) in [6.07, 6.45) is 0.246. The number of carbonyl (C=O) groups is 2. The van der Waals surface area contributed by atoms with E-state index in [0.717, 1.165) is 6.92 Å². The van der Waals surface area contributed by atoms with Crippen LogP contribution in [0.5, 0.6) is 11.5 Å². The van der Waals surface area contributed by atoms with E-state index >= 15 is 0 Å². The smallest absolute Gasteiger partial charge is 0.403 e. The molecule has 0 fully saturated rings. The number of phenols is 2. The Kier molecular flexibility index (Phi) is 7.18. The van der Waals surface area contributed by atoms with Gasteiger partial charge in [0.2, 0.25) is 5.91 Å². The minimum Gasteiger partial charge on any atom is -0.504 e. The van der Waals surface area contributed by atoms with Gasteiger partial charge in [-0.2, -0.15) is 0 Å². The van der Waals surface area contributed by atoms with E-state index in [2.05, 4.69) is 14.9 Å². The molecule has 0 saturated heterocycles. The average Bonchev–Trinajstić information content (AvgIpc) is 2.46. The molecule has 1 aromatic rings. The van der Waals surface area contributed by atoms with E-state index in [0.29, 0.717) is 5.56 Å². The molecule has 134 valence electrons. The van der Waals surface area contributed by atoms with E-state index in [1.165, 1.54) is 18.2 Å². The molecular weight excluding hydrogens is 343 g/mol. The lowest BCUT2D eigenvalue weighted by Crippen LogP contribution is -2.43. The third-order valence-corrected chi connectivity index (χ3v) is 3.98. The van der Waals surface area contributed by atoms with Crippen LogP contribution in [0, 0.1) is 0 Å². The number of carboxylic acids is 1. The molecule has 1 amide bonds. The van der Waals surface area contributed by atoms with E-state index in [4.69, 9.17) is 5.11 Å². The summed E-state index contributed by atoms with van der Waals surface area (Å²) in [6, 6.07) is 2.66. The molecule has 10 nitrogen and oxygen atoms in total. The number of phenolic OH excluding ortho intramolecular Hbond substituents is 2. The highest BCUT2D eigenvalue weighted by Gasteiger charge is 2.25. The van der Waals surface area contributed by atoms with Crippen molar-refractivity contribution < 1.29 is 38.9 Å². The Bertz CT molecular complexity index is 651. The van der Waals surface area contributed by atoms with Crippen LogP contribution in [-0.2, 0) is 25.1 Å². The van der Waals surface area contributed by atoms with Crippen LogP contribution in [0.1, 0.15) is 12.5 Å². The third kappa shape index (κ3) is 6.97. The van der Waals surface area contributed by atoms with Crippen LogP contribution in [0.2, 0.25) is 0 Å². The van der Waals surface area contributed by atoms with Crippen LogP contribution in [0.15, 0.2) is 18.2 Å². The molecule has 0 aromatic heterocycles. The predicted octanol–water partition coefficient (Wildman–Crippen LogP) is -0.0638. The number of benzene rings is 1. The minimum absolute atomic E-state index is 0.00410. The maximum absolute atomic E-state index is 11.8. The highest BCUT2D eigenvalue weighted by Crippen LogP contribution is 2.36. The number of aromatic hydroxyl groups is 2. The van der Waals surface area contributed by atoms with E-state index in [-0.39, 0.29) is 24.5 Å². The van der Waals surface area contributed by atoms with E-state index < -0.39 is 32.3 Å². The maximum atomic E-state index is 11.8. The van der Waals surface area contributed by atoms with E-state index in [1.54, 1.807) is 0 Å². The average molecular weight is 362 g/mol. The molecule has 0 aliphatic rings. The van der Waals surface area contributed by atoms with E-state index in [1.807, 2.05) is 0 Å². The summed E-state index contributed by atoms with van der Waals surface area (Å²) < 4.78 is 16.4. The van der Waals surface area contributed by atoms with Crippen LogP contribution >= 0.6 is 7.75 Å². The summed E-state index contributed by atoms with van der Waals surface area (Å²) in [5, 5.41) is 31.7. The summed E-state index contributed by atoms with van der Waals surface area (Å²) in [5.74, 6) is -2.60. The van der Waals surface area contributed by atoms with Gasteiger partial charge in [-0.15, -0.1) is 0 Å². The van der Waals surface area contributed by atoms with Crippen molar-refractivity contribution in [2.24, 2.45) is 0 Å². The largest absolute Gasteiger partial charge is 0.504 e. The van der Waals surface area contributed by atoms with Gasteiger partial charge in [0.1, 0.15) is 0 Å². The number of rotatable bonds is 9. The quantitative estimate of drug-likeness (QED) is 0.260. The van der Waals surface area contributed by atoms with Gasteiger partial charge in [0.05, 0.1) is 6.61 Å². The minimum atomic E-state index is -4.26. The van der Waals surface area contributed by atoms with Gasteiger partial charge in [-0.25, -0.2) is 14.4 Å². The first-order valence-electron chi connectivity index (χ1n) is 6.84. The lowest BCUT2D eigenvalue weighted by Gasteiger charge is -2.17. The summed E-state index contributed by atoms with van der Waals surface area (Å²) in [6.45, 7) is 0.422. The van der Waals surface area contributed by atoms with Crippen molar-refractivity contribution in [1.82, 2.24) is 10.4 Å². The normalized spacial score (nSPS) is 14.6. The Morgan fingerprint density at radius 3 is 2.50 bits per heavy atom. The van der Waals surface area contributed by atoms with Crippen molar-refractivity contribution in [3.8, 4) is 11.5 Å². The molecule has 6 N–H and O–H groups in total. The molecule has 0 heterocycles. The van der Waals surface area contributed by atoms with Crippen molar-refractivity contribution >= 4 is 19.6 Å². The van der Waals surface area contributed by atoms with Crippen molar-refractivity contribution in [3.05, 3.63) is 23.8 Å². The van der Waals surface area contributed by atoms with Crippen molar-refractivity contribution in [2.75, 3.05) is 13.2 Å². The summed E-state index contributed by atoms with van der Waals surface area (Å²) in [4.78, 5) is 31.3. The van der Waals surface area contributed by atoms with Gasteiger partial charge >= 0.3 is 13.7 Å². The Balaban J connectivity index is 2.47. The number of hydrogen-bond acceptors (Lipinski definition) is 6. The Hall–Kier alpha value is -2.13. The van der Waals surface area contributed by atoms with Crippen LogP contribution in [-0.4, -0.2) is 51.3 Å². The second kappa shape index (κ2) is 8.65. The third-order valence-electron chi connectivity index (χ3n) is 2.86. The fraction of sp³-hybridized carbons (Fsp3) is 0.385. The first-order chi connectivity index (χ1) is 11.1. The topological polar surface area (TPSA) is 165 Å². The zero-order valence-corrected chi connectivity index (χ0v) is 13.7. The highest BCUT2D eigenvalue weighted by atomic mass is 31.2. The monoisotopic (exact) mass is 362 g/mol. The molecule has 0 spiro atoms. The lowest BCUT2D eigenvalue weighted by atomic mass is 10.1. The molecule has 0 aliphatic carbocycles. The Morgan fingerprint density at radius 2 is 1.96 bits per heavy atom. The first kappa shape index (κ1) is 19.9. The zero-order valence-electron chi connectivity index (χ0n) is 12.8. The van der Waals surface area contributed by atoms with Crippen LogP contribution in [0.4, 0.5) is 0 Å². The van der Waals surface area contributed by atoms with Gasteiger partial charge in [0.25, 0.3) is 0 Å². The standard InChI is InChI=1S/C13H19N2O8P/c1-8(16)15-10(13(19)20)7-23-24(21,22)14-5-4-9-2-3-11(17)12(18)6-9/h2-3,6,10,17-18H,4-5,7H2,1H3,(H,15,16)(H,19,20)(H2,14,21,22)/t10-/m0/s1. The molecule has 1 rings (SSSR count). The molecule has 0 saturated carbocycles. The molecule has 0 aliphatic heterocycles. The van der Waals surface area contributed by atoms with Crippen molar-refractivity contribution in [3.63, 3.8) is 0 Å². The molecule has 0 radical (unpaired) electrons. The Morgan fingerprint density at radius 1 is 1.29 bits per heavy atom. The fourth-order valence-electron chi connectivity index (χ4n) is 1.71. The summed E-state index contributed by atoms with van der Waals surface area (Å²) in [7, 11) is -4.26. The number of hydrogen-bond donors (Lipinski definition) is 6. The molecule has 2 atom stereocenters. The molecule has 0 bridgehead atoms. The molecule has 24 heavy (non-hydrogen) atoms.